The molecule has 2 rings (SSSR count). The molecule has 0 fully saturated rings. The number of amides is 2. The Morgan fingerprint density at radius 3 is 2.23 bits per heavy atom. The van der Waals surface area contributed by atoms with Crippen LogP contribution in [-0.2, 0) is 9.59 Å². The van der Waals surface area contributed by atoms with Crippen LogP contribution in [0.2, 0.25) is 0 Å². The van der Waals surface area contributed by atoms with E-state index < -0.39 is 0 Å². The number of benzene rings is 2. The van der Waals surface area contributed by atoms with Gasteiger partial charge in [-0.15, -0.1) is 0 Å². The Bertz CT molecular complexity index is 776. The molecule has 0 atom stereocenters. The molecule has 0 radical (unpaired) electrons. The summed E-state index contributed by atoms with van der Waals surface area (Å²) in [5, 5.41) is 2.98. The molecule has 0 aliphatic carbocycles. The van der Waals surface area contributed by atoms with Crippen LogP contribution in [0, 0.1) is 13.8 Å². The molecule has 0 unspecified atom stereocenters. The number of rotatable bonds is 6. The Morgan fingerprint density at radius 1 is 1.04 bits per heavy atom. The van der Waals surface area contributed by atoms with Crippen LogP contribution in [0.4, 0.5) is 11.4 Å². The topological polar surface area (TPSA) is 49.4 Å². The summed E-state index contributed by atoms with van der Waals surface area (Å²) in [6, 6.07) is 13.8. The highest BCUT2D eigenvalue weighted by Crippen LogP contribution is 2.24. The van der Waals surface area contributed by atoms with Crippen LogP contribution in [0.15, 0.2) is 42.5 Å². The molecule has 4 heteroatoms. The van der Waals surface area contributed by atoms with Crippen molar-refractivity contribution in [3.8, 4) is 0 Å². The number of aryl methyl sites for hydroxylation is 2. The van der Waals surface area contributed by atoms with Crippen molar-refractivity contribution in [3.63, 3.8) is 0 Å². The average molecular weight is 352 g/mol. The second-order valence-electron chi connectivity index (χ2n) is 7.06. The first kappa shape index (κ1) is 19.7. The summed E-state index contributed by atoms with van der Waals surface area (Å²) in [7, 11) is 0. The zero-order valence-electron chi connectivity index (χ0n) is 16.3. The highest BCUT2D eigenvalue weighted by atomic mass is 16.2. The van der Waals surface area contributed by atoms with Crippen LogP contribution in [0.5, 0.6) is 0 Å². The van der Waals surface area contributed by atoms with E-state index in [0.29, 0.717) is 12.5 Å². The molecule has 1 N–H and O–H groups in total. The van der Waals surface area contributed by atoms with Crippen molar-refractivity contribution in [2.75, 3.05) is 16.8 Å². The molecule has 0 aliphatic rings. The molecular weight excluding hydrogens is 324 g/mol. The molecule has 0 bridgehead atoms. The minimum absolute atomic E-state index is 0.0645. The lowest BCUT2D eigenvalue weighted by Crippen LogP contribution is -2.32. The fourth-order valence-electron chi connectivity index (χ4n) is 3.12. The summed E-state index contributed by atoms with van der Waals surface area (Å²) in [6.07, 6.45) is 0.249. The van der Waals surface area contributed by atoms with Crippen molar-refractivity contribution >= 4 is 23.2 Å². The molecule has 0 aliphatic heterocycles. The van der Waals surface area contributed by atoms with Crippen molar-refractivity contribution in [2.24, 2.45) is 0 Å². The lowest BCUT2D eigenvalue weighted by molar-refractivity contribution is -0.117. The monoisotopic (exact) mass is 352 g/mol. The third kappa shape index (κ3) is 5.19. The molecule has 2 aromatic rings. The van der Waals surface area contributed by atoms with Gasteiger partial charge < -0.3 is 10.2 Å². The van der Waals surface area contributed by atoms with Crippen LogP contribution in [-0.4, -0.2) is 18.4 Å². The smallest absolute Gasteiger partial charge is 0.226 e. The van der Waals surface area contributed by atoms with E-state index in [2.05, 4.69) is 25.2 Å². The van der Waals surface area contributed by atoms with E-state index >= 15 is 0 Å². The first-order valence-electron chi connectivity index (χ1n) is 9.03. The third-order valence-electron chi connectivity index (χ3n) is 4.32. The van der Waals surface area contributed by atoms with Gasteiger partial charge in [0.1, 0.15) is 0 Å². The van der Waals surface area contributed by atoms with Gasteiger partial charge in [0.15, 0.2) is 0 Å². The van der Waals surface area contributed by atoms with Crippen molar-refractivity contribution < 1.29 is 9.59 Å². The Morgan fingerprint density at radius 2 is 1.65 bits per heavy atom. The quantitative estimate of drug-likeness (QED) is 0.811. The highest BCUT2D eigenvalue weighted by molar-refractivity contribution is 5.95. The zero-order valence-corrected chi connectivity index (χ0v) is 16.3. The van der Waals surface area contributed by atoms with E-state index in [1.807, 2.05) is 50.2 Å². The highest BCUT2D eigenvalue weighted by Gasteiger charge is 2.15. The maximum absolute atomic E-state index is 12.4. The van der Waals surface area contributed by atoms with Crippen LogP contribution in [0.1, 0.15) is 49.8 Å². The molecule has 4 nitrogen and oxygen atoms in total. The number of carbonyl (C=O) groups excluding carboxylic acids is 2. The molecule has 0 heterocycles. The van der Waals surface area contributed by atoms with Gasteiger partial charge in [-0.05, 0) is 54.7 Å². The fraction of sp³-hybridized carbons (Fsp3) is 0.364. The fourth-order valence-corrected chi connectivity index (χ4v) is 3.12. The number of nitrogens with one attached hydrogen (secondary N) is 1. The van der Waals surface area contributed by atoms with E-state index in [1.165, 1.54) is 6.92 Å². The molecule has 2 amide bonds. The number of anilines is 2. The Labute approximate surface area is 156 Å². The Balaban J connectivity index is 2.08. The number of hydrogen-bond acceptors (Lipinski definition) is 2. The first-order valence-corrected chi connectivity index (χ1v) is 9.03. The SMILES string of the molecule is CC(=O)N(CCC(=O)Nc1ccccc1C(C)C)c1cc(C)cc(C)c1. The predicted molar refractivity (Wildman–Crippen MR) is 108 cm³/mol. The predicted octanol–water partition coefficient (Wildman–Crippen LogP) is 4.81. The second-order valence-corrected chi connectivity index (χ2v) is 7.06. The van der Waals surface area contributed by atoms with Gasteiger partial charge >= 0.3 is 0 Å². The van der Waals surface area contributed by atoms with Crippen molar-refractivity contribution in [1.82, 2.24) is 0 Å². The molecule has 26 heavy (non-hydrogen) atoms. The maximum Gasteiger partial charge on any atom is 0.226 e. The summed E-state index contributed by atoms with van der Waals surface area (Å²) in [5.41, 5.74) is 4.99. The molecule has 0 aromatic heterocycles. The molecule has 0 saturated heterocycles. The maximum atomic E-state index is 12.4. The minimum atomic E-state index is -0.0891. The summed E-state index contributed by atoms with van der Waals surface area (Å²) in [6.45, 7) is 10.1. The summed E-state index contributed by atoms with van der Waals surface area (Å²) >= 11 is 0. The van der Waals surface area contributed by atoms with Crippen molar-refractivity contribution in [1.29, 1.82) is 0 Å². The Kier molecular flexibility index (Phi) is 6.56. The van der Waals surface area contributed by atoms with Gasteiger partial charge in [0.25, 0.3) is 0 Å². The van der Waals surface area contributed by atoms with Gasteiger partial charge in [-0.2, -0.15) is 0 Å². The van der Waals surface area contributed by atoms with Crippen molar-refractivity contribution in [2.45, 2.75) is 47.0 Å². The molecule has 0 spiro atoms. The van der Waals surface area contributed by atoms with Gasteiger partial charge in [-0.25, -0.2) is 0 Å². The van der Waals surface area contributed by atoms with E-state index in [0.717, 1.165) is 28.1 Å². The number of carbonyl (C=O) groups is 2. The number of para-hydroxylation sites is 1. The van der Waals surface area contributed by atoms with Gasteiger partial charge in [0.05, 0.1) is 0 Å². The van der Waals surface area contributed by atoms with Crippen LogP contribution in [0.3, 0.4) is 0 Å². The standard InChI is InChI=1S/C22H28N2O2/c1-15(2)20-8-6-7-9-21(20)23-22(26)10-11-24(18(5)25)19-13-16(3)12-17(4)14-19/h6-9,12-15H,10-11H2,1-5H3,(H,23,26). The minimum Gasteiger partial charge on any atom is -0.326 e. The van der Waals surface area contributed by atoms with E-state index in [-0.39, 0.29) is 18.2 Å². The van der Waals surface area contributed by atoms with E-state index in [4.69, 9.17) is 0 Å². The summed E-state index contributed by atoms with van der Waals surface area (Å²) < 4.78 is 0. The molecular formula is C22H28N2O2. The van der Waals surface area contributed by atoms with Crippen LogP contribution >= 0.6 is 0 Å². The lowest BCUT2D eigenvalue weighted by Gasteiger charge is -2.22. The zero-order chi connectivity index (χ0) is 19.3. The second kappa shape index (κ2) is 8.65. The normalized spacial score (nSPS) is 10.7. The van der Waals surface area contributed by atoms with Gasteiger partial charge in [0, 0.05) is 31.3 Å². The van der Waals surface area contributed by atoms with Gasteiger partial charge in [-0.3, -0.25) is 9.59 Å². The number of hydrogen-bond donors (Lipinski definition) is 1. The number of nitrogens with zero attached hydrogens (tertiary/aromatic N) is 1. The molecule has 2 aromatic carbocycles. The Hall–Kier alpha value is -2.62. The first-order chi connectivity index (χ1) is 12.3. The largest absolute Gasteiger partial charge is 0.326 e. The van der Waals surface area contributed by atoms with Crippen molar-refractivity contribution in [3.05, 3.63) is 59.2 Å². The average Bonchev–Trinajstić information content (AvgIpc) is 2.54. The summed E-state index contributed by atoms with van der Waals surface area (Å²) in [5.74, 6) is 0.176. The van der Waals surface area contributed by atoms with Gasteiger partial charge in [-0.1, -0.05) is 38.1 Å². The van der Waals surface area contributed by atoms with E-state index in [1.54, 1.807) is 4.90 Å². The lowest BCUT2D eigenvalue weighted by atomic mass is 10.0. The van der Waals surface area contributed by atoms with Gasteiger partial charge in [0.2, 0.25) is 11.8 Å². The van der Waals surface area contributed by atoms with E-state index in [9.17, 15) is 9.59 Å². The molecule has 0 saturated carbocycles. The van der Waals surface area contributed by atoms with Crippen LogP contribution in [0.25, 0.3) is 0 Å². The summed E-state index contributed by atoms with van der Waals surface area (Å²) in [4.78, 5) is 26.2. The van der Waals surface area contributed by atoms with Crippen LogP contribution < -0.4 is 10.2 Å². The third-order valence-corrected chi connectivity index (χ3v) is 4.32. The molecule has 138 valence electrons.